The Balaban J connectivity index is 2.39. The summed E-state index contributed by atoms with van der Waals surface area (Å²) in [5.74, 6) is 0. The van der Waals surface area contributed by atoms with E-state index in [9.17, 15) is 0 Å². The lowest BCUT2D eigenvalue weighted by molar-refractivity contribution is 1.11. The molecule has 0 amide bonds. The molecule has 0 spiro atoms. The first kappa shape index (κ1) is 12.6. The third-order valence-electron chi connectivity index (χ3n) is 3.47. The van der Waals surface area contributed by atoms with Gasteiger partial charge >= 0.3 is 0 Å². The molecule has 2 aromatic carbocycles. The van der Waals surface area contributed by atoms with Crippen molar-refractivity contribution in [2.45, 2.75) is 27.2 Å². The first-order valence-corrected chi connectivity index (χ1v) is 6.54. The second-order valence-electron chi connectivity index (χ2n) is 4.68. The van der Waals surface area contributed by atoms with Gasteiger partial charge in [-0.2, -0.15) is 0 Å². The quantitative estimate of drug-likeness (QED) is 0.649. The number of benzene rings is 2. The summed E-state index contributed by atoms with van der Waals surface area (Å²) < 4.78 is 0. The fourth-order valence-electron chi connectivity index (χ4n) is 2.26. The normalized spacial score (nSPS) is 11.6. The Hall–Kier alpha value is -1.82. The van der Waals surface area contributed by atoms with Crippen molar-refractivity contribution in [2.75, 3.05) is 0 Å². The molecule has 0 N–H and O–H groups in total. The second kappa shape index (κ2) is 5.68. The van der Waals surface area contributed by atoms with Crippen LogP contribution in [0.5, 0.6) is 0 Å². The Morgan fingerprint density at radius 3 is 2.39 bits per heavy atom. The van der Waals surface area contributed by atoms with Crippen LogP contribution in [0.25, 0.3) is 11.6 Å². The van der Waals surface area contributed by atoms with Crippen LogP contribution in [0.3, 0.4) is 0 Å². The Kier molecular flexibility index (Phi) is 3.99. The summed E-state index contributed by atoms with van der Waals surface area (Å²) >= 11 is 0. The van der Waals surface area contributed by atoms with Gasteiger partial charge in [-0.15, -0.1) is 0 Å². The van der Waals surface area contributed by atoms with Gasteiger partial charge in [-0.05, 0) is 48.1 Å². The zero-order valence-corrected chi connectivity index (χ0v) is 11.4. The summed E-state index contributed by atoms with van der Waals surface area (Å²) in [6.45, 7) is 6.59. The van der Waals surface area contributed by atoms with Gasteiger partial charge in [0.1, 0.15) is 0 Å². The average Bonchev–Trinajstić information content (AvgIpc) is 2.42. The van der Waals surface area contributed by atoms with Gasteiger partial charge in [0, 0.05) is 0 Å². The lowest BCUT2D eigenvalue weighted by Crippen LogP contribution is -1.90. The summed E-state index contributed by atoms with van der Waals surface area (Å²) in [4.78, 5) is 0. The number of allylic oxidation sites excluding steroid dienone is 1. The molecular weight excluding hydrogens is 216 g/mol. The van der Waals surface area contributed by atoms with Crippen molar-refractivity contribution in [2.24, 2.45) is 0 Å². The van der Waals surface area contributed by atoms with Crippen LogP contribution in [0.2, 0.25) is 0 Å². The standard InChI is InChI=1S/C18H20/c1-4-16-11-8-12-18(15(16)3)13-14(2)17-9-6-5-7-10-17/h5-13H,4H2,1-3H3. The molecule has 0 atom stereocenters. The minimum absolute atomic E-state index is 1.10. The largest absolute Gasteiger partial charge is 0.0622 e. The van der Waals surface area contributed by atoms with Crippen LogP contribution in [-0.2, 0) is 6.42 Å². The Morgan fingerprint density at radius 1 is 1.00 bits per heavy atom. The predicted octanol–water partition coefficient (Wildman–Crippen LogP) is 5.12. The van der Waals surface area contributed by atoms with E-state index in [1.54, 1.807) is 0 Å². The van der Waals surface area contributed by atoms with Crippen molar-refractivity contribution >= 4 is 11.6 Å². The maximum absolute atomic E-state index is 2.28. The second-order valence-corrected chi connectivity index (χ2v) is 4.68. The molecule has 0 heteroatoms. The zero-order valence-electron chi connectivity index (χ0n) is 11.4. The number of aryl methyl sites for hydroxylation is 1. The van der Waals surface area contributed by atoms with Crippen LogP contribution in [0, 0.1) is 6.92 Å². The minimum atomic E-state index is 1.10. The number of hydrogen-bond acceptors (Lipinski definition) is 0. The van der Waals surface area contributed by atoms with Gasteiger partial charge in [-0.3, -0.25) is 0 Å². The third-order valence-corrected chi connectivity index (χ3v) is 3.47. The highest BCUT2D eigenvalue weighted by molar-refractivity contribution is 5.81. The van der Waals surface area contributed by atoms with Gasteiger partial charge in [0.25, 0.3) is 0 Å². The van der Waals surface area contributed by atoms with Crippen LogP contribution < -0.4 is 0 Å². The Bertz CT molecular complexity index is 548. The van der Waals surface area contributed by atoms with Gasteiger partial charge < -0.3 is 0 Å². The predicted molar refractivity (Wildman–Crippen MR) is 80.5 cm³/mol. The molecule has 0 saturated carbocycles. The maximum atomic E-state index is 2.28. The van der Waals surface area contributed by atoms with Crippen LogP contribution in [-0.4, -0.2) is 0 Å². The van der Waals surface area contributed by atoms with Crippen molar-refractivity contribution in [3.63, 3.8) is 0 Å². The molecule has 2 aromatic rings. The smallest absolute Gasteiger partial charge is 0.0222 e. The molecule has 2 rings (SSSR count). The monoisotopic (exact) mass is 236 g/mol. The minimum Gasteiger partial charge on any atom is -0.0622 e. The van der Waals surface area contributed by atoms with Gasteiger partial charge in [-0.25, -0.2) is 0 Å². The van der Waals surface area contributed by atoms with Crippen molar-refractivity contribution in [1.82, 2.24) is 0 Å². The van der Waals surface area contributed by atoms with Crippen molar-refractivity contribution in [3.05, 3.63) is 70.8 Å². The summed E-state index contributed by atoms with van der Waals surface area (Å²) in [6, 6.07) is 17.1. The fraction of sp³-hybridized carbons (Fsp3) is 0.222. The summed E-state index contributed by atoms with van der Waals surface area (Å²) in [5.41, 5.74) is 6.77. The molecule has 0 bridgehead atoms. The molecule has 92 valence electrons. The molecule has 0 unspecified atom stereocenters. The Labute approximate surface area is 110 Å². The molecule has 0 aliphatic rings. The lowest BCUT2D eigenvalue weighted by atomic mass is 9.97. The first-order chi connectivity index (χ1) is 8.72. The molecule has 18 heavy (non-hydrogen) atoms. The van der Waals surface area contributed by atoms with E-state index in [1.807, 2.05) is 0 Å². The number of hydrogen-bond donors (Lipinski definition) is 0. The topological polar surface area (TPSA) is 0 Å². The van der Waals surface area contributed by atoms with Crippen LogP contribution in [0.4, 0.5) is 0 Å². The Morgan fingerprint density at radius 2 is 1.72 bits per heavy atom. The highest BCUT2D eigenvalue weighted by Gasteiger charge is 2.01. The third kappa shape index (κ3) is 2.70. The highest BCUT2D eigenvalue weighted by Crippen LogP contribution is 2.21. The average molecular weight is 236 g/mol. The lowest BCUT2D eigenvalue weighted by Gasteiger charge is -2.08. The summed E-state index contributed by atoms with van der Waals surface area (Å²) in [6.07, 6.45) is 3.38. The zero-order chi connectivity index (χ0) is 13.0. The highest BCUT2D eigenvalue weighted by atomic mass is 14.1. The van der Waals surface area contributed by atoms with E-state index >= 15 is 0 Å². The number of rotatable bonds is 3. The van der Waals surface area contributed by atoms with E-state index in [0.29, 0.717) is 0 Å². The van der Waals surface area contributed by atoms with Crippen LogP contribution >= 0.6 is 0 Å². The van der Waals surface area contributed by atoms with Gasteiger partial charge in [0.2, 0.25) is 0 Å². The van der Waals surface area contributed by atoms with E-state index < -0.39 is 0 Å². The summed E-state index contributed by atoms with van der Waals surface area (Å²) in [7, 11) is 0. The molecule has 0 aliphatic heterocycles. The van der Waals surface area contributed by atoms with E-state index in [2.05, 4.69) is 75.4 Å². The van der Waals surface area contributed by atoms with Crippen molar-refractivity contribution < 1.29 is 0 Å². The van der Waals surface area contributed by atoms with Gasteiger partial charge in [-0.1, -0.05) is 61.5 Å². The molecule has 0 heterocycles. The van der Waals surface area contributed by atoms with Gasteiger partial charge in [0.05, 0.1) is 0 Å². The molecule has 0 nitrogen and oxygen atoms in total. The maximum Gasteiger partial charge on any atom is -0.0222 e. The molecule has 0 radical (unpaired) electrons. The molecule has 0 aliphatic carbocycles. The van der Waals surface area contributed by atoms with E-state index in [4.69, 9.17) is 0 Å². The van der Waals surface area contributed by atoms with Crippen LogP contribution in [0.15, 0.2) is 48.5 Å². The van der Waals surface area contributed by atoms with E-state index in [0.717, 1.165) is 6.42 Å². The first-order valence-electron chi connectivity index (χ1n) is 6.54. The van der Waals surface area contributed by atoms with E-state index in [-0.39, 0.29) is 0 Å². The van der Waals surface area contributed by atoms with Gasteiger partial charge in [0.15, 0.2) is 0 Å². The molecule has 0 fully saturated rings. The van der Waals surface area contributed by atoms with Crippen molar-refractivity contribution in [3.8, 4) is 0 Å². The summed E-state index contributed by atoms with van der Waals surface area (Å²) in [5, 5.41) is 0. The SMILES string of the molecule is CCc1cccc(C=C(C)c2ccccc2)c1C. The van der Waals surface area contributed by atoms with E-state index in [1.165, 1.54) is 27.8 Å². The fourth-order valence-corrected chi connectivity index (χ4v) is 2.26. The van der Waals surface area contributed by atoms with Crippen LogP contribution in [0.1, 0.15) is 36.1 Å². The van der Waals surface area contributed by atoms with Crippen molar-refractivity contribution in [1.29, 1.82) is 0 Å². The molecular formula is C18H20. The molecule has 0 aromatic heterocycles. The molecule has 0 saturated heterocycles.